The molecule has 0 saturated heterocycles. The number of para-hydroxylation sites is 1. The molecular weight excluding hydrogens is 340 g/mol. The predicted octanol–water partition coefficient (Wildman–Crippen LogP) is 3.41. The summed E-state index contributed by atoms with van der Waals surface area (Å²) < 4.78 is 10.7. The highest BCUT2D eigenvalue weighted by Crippen LogP contribution is 2.26. The normalized spacial score (nSPS) is 14.7. The average molecular weight is 364 g/mol. The Morgan fingerprint density at radius 2 is 1.89 bits per heavy atom. The maximum absolute atomic E-state index is 5.74. The van der Waals surface area contributed by atoms with Crippen LogP contribution in [-0.2, 0) is 19.7 Å². The lowest BCUT2D eigenvalue weighted by Gasteiger charge is -2.25. The molecule has 27 heavy (non-hydrogen) atoms. The second kappa shape index (κ2) is 7.80. The summed E-state index contributed by atoms with van der Waals surface area (Å²) >= 11 is 0. The van der Waals surface area contributed by atoms with Crippen LogP contribution in [0, 0.1) is 6.92 Å². The molecule has 1 aromatic heterocycles. The maximum Gasteiger partial charge on any atom is 0.223 e. The molecule has 0 fully saturated rings. The summed E-state index contributed by atoms with van der Waals surface area (Å²) in [5.74, 6) is 1.91. The predicted molar refractivity (Wildman–Crippen MR) is 104 cm³/mol. The van der Waals surface area contributed by atoms with Crippen LogP contribution in [0.3, 0.4) is 0 Å². The molecule has 0 N–H and O–H groups in total. The molecule has 0 radical (unpaired) electrons. The highest BCUT2D eigenvalue weighted by Gasteiger charge is 2.17. The molecule has 2 aromatic carbocycles. The van der Waals surface area contributed by atoms with Crippen LogP contribution in [0.25, 0.3) is 0 Å². The molecule has 0 atom stereocenters. The van der Waals surface area contributed by atoms with Gasteiger partial charge in [0, 0.05) is 38.8 Å². The fourth-order valence-electron chi connectivity index (χ4n) is 3.36. The monoisotopic (exact) mass is 364 g/mol. The lowest BCUT2D eigenvalue weighted by Crippen LogP contribution is -2.29. The Bertz CT molecular complexity index is 891. The van der Waals surface area contributed by atoms with E-state index < -0.39 is 0 Å². The van der Waals surface area contributed by atoms with Gasteiger partial charge in [-0.2, -0.15) is 4.98 Å². The van der Waals surface area contributed by atoms with E-state index in [1.165, 1.54) is 16.8 Å². The van der Waals surface area contributed by atoms with Gasteiger partial charge in [0.05, 0.1) is 0 Å². The van der Waals surface area contributed by atoms with Crippen LogP contribution in [-0.4, -0.2) is 35.2 Å². The summed E-state index contributed by atoms with van der Waals surface area (Å²) in [6.45, 7) is 6.03. The van der Waals surface area contributed by atoms with Gasteiger partial charge in [-0.05, 0) is 36.4 Å². The Morgan fingerprint density at radius 3 is 2.67 bits per heavy atom. The minimum atomic E-state index is 0.308. The minimum Gasteiger partial charge on any atom is -0.485 e. The fourth-order valence-corrected chi connectivity index (χ4v) is 3.36. The fraction of sp³-hybridized carbons (Fsp3) is 0.333. The van der Waals surface area contributed by atoms with E-state index in [0.717, 1.165) is 31.9 Å². The number of hydrogen-bond donors (Lipinski definition) is 0. The number of anilines is 1. The summed E-state index contributed by atoms with van der Waals surface area (Å²) in [5.41, 5.74) is 3.97. The van der Waals surface area contributed by atoms with Crippen LogP contribution in [0.5, 0.6) is 5.75 Å². The van der Waals surface area contributed by atoms with Gasteiger partial charge in [-0.1, -0.05) is 35.5 Å². The van der Waals surface area contributed by atoms with Crippen molar-refractivity contribution < 1.29 is 9.26 Å². The van der Waals surface area contributed by atoms with Crippen molar-refractivity contribution in [3.05, 3.63) is 71.4 Å². The van der Waals surface area contributed by atoms with E-state index in [1.54, 1.807) is 6.92 Å². The molecule has 6 heteroatoms. The average Bonchev–Trinajstić information content (AvgIpc) is 3.03. The summed E-state index contributed by atoms with van der Waals surface area (Å²) in [5, 5.41) is 3.84. The zero-order valence-corrected chi connectivity index (χ0v) is 15.8. The number of rotatable bonds is 5. The Balaban J connectivity index is 1.42. The van der Waals surface area contributed by atoms with Crippen molar-refractivity contribution in [3.63, 3.8) is 0 Å². The largest absolute Gasteiger partial charge is 0.485 e. The number of hydrogen-bond acceptors (Lipinski definition) is 6. The molecular formula is C21H24N4O2. The summed E-state index contributed by atoms with van der Waals surface area (Å²) in [6.07, 6.45) is 0. The van der Waals surface area contributed by atoms with Crippen LogP contribution >= 0.6 is 0 Å². The number of benzene rings is 2. The quantitative estimate of drug-likeness (QED) is 0.692. The van der Waals surface area contributed by atoms with Gasteiger partial charge in [0.1, 0.15) is 5.75 Å². The molecule has 4 rings (SSSR count). The van der Waals surface area contributed by atoms with Crippen molar-refractivity contribution in [3.8, 4) is 5.75 Å². The Labute approximate surface area is 159 Å². The summed E-state index contributed by atoms with van der Waals surface area (Å²) in [6, 6.07) is 16.9. The highest BCUT2D eigenvalue weighted by atomic mass is 16.5. The number of likely N-dealkylation sites (N-methyl/N-ethyl adjacent to an activating group) is 1. The van der Waals surface area contributed by atoms with Crippen LogP contribution in [0.2, 0.25) is 0 Å². The molecule has 0 unspecified atom stereocenters. The number of ether oxygens (including phenoxy) is 1. The van der Waals surface area contributed by atoms with E-state index in [4.69, 9.17) is 9.26 Å². The molecule has 3 aromatic rings. The van der Waals surface area contributed by atoms with Crippen LogP contribution in [0.4, 0.5) is 5.69 Å². The molecule has 1 aliphatic rings. The standard InChI is InChI=1S/C21H24N4O2/c1-16-22-21(23-27-16)15-26-19-9-7-17(8-10-19)13-25-12-11-24(2)14-18-5-3-4-6-20(18)25/h3-10H,11-15H2,1-2H3. The van der Waals surface area contributed by atoms with Crippen molar-refractivity contribution in [2.24, 2.45) is 0 Å². The summed E-state index contributed by atoms with van der Waals surface area (Å²) in [7, 11) is 2.18. The van der Waals surface area contributed by atoms with Crippen molar-refractivity contribution in [1.29, 1.82) is 0 Å². The van der Waals surface area contributed by atoms with Crippen LogP contribution in [0.1, 0.15) is 22.8 Å². The zero-order valence-electron chi connectivity index (χ0n) is 15.8. The molecule has 0 aliphatic carbocycles. The Hall–Kier alpha value is -2.86. The minimum absolute atomic E-state index is 0.308. The van der Waals surface area contributed by atoms with Crippen molar-refractivity contribution in [2.45, 2.75) is 26.6 Å². The van der Waals surface area contributed by atoms with E-state index in [-0.39, 0.29) is 0 Å². The van der Waals surface area contributed by atoms with E-state index in [9.17, 15) is 0 Å². The smallest absolute Gasteiger partial charge is 0.223 e. The number of nitrogens with zero attached hydrogens (tertiary/aromatic N) is 4. The zero-order chi connectivity index (χ0) is 18.6. The Kier molecular flexibility index (Phi) is 5.07. The van der Waals surface area contributed by atoms with Gasteiger partial charge in [-0.3, -0.25) is 0 Å². The van der Waals surface area contributed by atoms with Gasteiger partial charge in [0.25, 0.3) is 0 Å². The molecule has 2 heterocycles. The van der Waals surface area contributed by atoms with Gasteiger partial charge >= 0.3 is 0 Å². The van der Waals surface area contributed by atoms with Gasteiger partial charge in [-0.25, -0.2) is 0 Å². The first-order valence-electron chi connectivity index (χ1n) is 9.20. The molecule has 0 spiro atoms. The molecule has 0 amide bonds. The molecule has 140 valence electrons. The number of aryl methyl sites for hydroxylation is 1. The third kappa shape index (κ3) is 4.28. The van der Waals surface area contributed by atoms with Gasteiger partial charge < -0.3 is 19.1 Å². The second-order valence-corrected chi connectivity index (χ2v) is 6.95. The first-order valence-corrected chi connectivity index (χ1v) is 9.20. The Morgan fingerprint density at radius 1 is 1.07 bits per heavy atom. The maximum atomic E-state index is 5.74. The van der Waals surface area contributed by atoms with Crippen LogP contribution < -0.4 is 9.64 Å². The van der Waals surface area contributed by atoms with E-state index >= 15 is 0 Å². The topological polar surface area (TPSA) is 54.6 Å². The van der Waals surface area contributed by atoms with Gasteiger partial charge in [0.15, 0.2) is 6.61 Å². The van der Waals surface area contributed by atoms with E-state index in [1.807, 2.05) is 12.1 Å². The number of aromatic nitrogens is 2. The summed E-state index contributed by atoms with van der Waals surface area (Å²) in [4.78, 5) is 8.97. The molecule has 0 saturated carbocycles. The third-order valence-electron chi connectivity index (χ3n) is 4.76. The third-order valence-corrected chi connectivity index (χ3v) is 4.76. The molecule has 0 bridgehead atoms. The molecule has 6 nitrogen and oxygen atoms in total. The molecule has 1 aliphatic heterocycles. The lowest BCUT2D eigenvalue weighted by atomic mass is 10.1. The second-order valence-electron chi connectivity index (χ2n) is 6.95. The van der Waals surface area contributed by atoms with Gasteiger partial charge in [0.2, 0.25) is 11.7 Å². The van der Waals surface area contributed by atoms with Crippen molar-refractivity contribution >= 4 is 5.69 Å². The van der Waals surface area contributed by atoms with Crippen molar-refractivity contribution in [2.75, 3.05) is 25.0 Å². The van der Waals surface area contributed by atoms with E-state index in [2.05, 4.69) is 63.4 Å². The lowest BCUT2D eigenvalue weighted by molar-refractivity contribution is 0.285. The first-order chi connectivity index (χ1) is 13.2. The SMILES string of the molecule is Cc1nc(COc2ccc(CN3CCN(C)Cc4ccccc43)cc2)no1. The van der Waals surface area contributed by atoms with E-state index in [0.29, 0.717) is 18.3 Å². The van der Waals surface area contributed by atoms with Crippen molar-refractivity contribution in [1.82, 2.24) is 15.0 Å². The first kappa shape index (κ1) is 17.5. The highest BCUT2D eigenvalue weighted by molar-refractivity contribution is 5.54. The van der Waals surface area contributed by atoms with Gasteiger partial charge in [-0.15, -0.1) is 0 Å². The van der Waals surface area contributed by atoms with Crippen LogP contribution in [0.15, 0.2) is 53.1 Å². The number of fused-ring (bicyclic) bond motifs is 1.